The van der Waals surface area contributed by atoms with Gasteiger partial charge in [0.1, 0.15) is 11.5 Å². The second-order valence-corrected chi connectivity index (χ2v) is 14.0. The second-order valence-electron chi connectivity index (χ2n) is 9.96. The minimum absolute atomic E-state index is 0.330. The highest BCUT2D eigenvalue weighted by molar-refractivity contribution is 8.01. The highest BCUT2D eigenvalue weighted by atomic mass is 32.2. The third kappa shape index (κ3) is 6.51. The van der Waals surface area contributed by atoms with Crippen LogP contribution in [-0.4, -0.2) is 69.4 Å². The Morgan fingerprint density at radius 1 is 1.25 bits per heavy atom. The summed E-state index contributed by atoms with van der Waals surface area (Å²) >= 11 is 3.44. The topological polar surface area (TPSA) is 112 Å². The van der Waals surface area contributed by atoms with Crippen LogP contribution in [0.2, 0.25) is 0 Å². The zero-order valence-electron chi connectivity index (χ0n) is 21.1. The molecule has 12 heteroatoms. The minimum atomic E-state index is -4.88. The number of nitrogens with zero attached hydrogens (tertiary/aromatic N) is 3. The van der Waals surface area contributed by atoms with Crippen molar-refractivity contribution in [2.75, 3.05) is 32.7 Å². The number of ether oxygens (including phenoxy) is 1. The highest BCUT2D eigenvalue weighted by Gasteiger charge is 2.37. The number of benzene rings is 1. The van der Waals surface area contributed by atoms with Crippen LogP contribution in [0.5, 0.6) is 10.8 Å². The van der Waals surface area contributed by atoms with Gasteiger partial charge in [-0.15, -0.1) is 11.8 Å². The molecular formula is C24H32N3O6PS2. The predicted octanol–water partition coefficient (Wildman–Crippen LogP) is 5.02. The van der Waals surface area contributed by atoms with Gasteiger partial charge in [0.2, 0.25) is 0 Å². The van der Waals surface area contributed by atoms with Crippen molar-refractivity contribution in [1.82, 2.24) is 9.80 Å². The Morgan fingerprint density at radius 2 is 1.94 bits per heavy atom. The Kier molecular flexibility index (Phi) is 7.90. The fraction of sp³-hybridized carbons (Fsp3) is 0.500. The average molecular weight is 554 g/mol. The number of aliphatic imine (C=N–C) groups is 1. The zero-order valence-corrected chi connectivity index (χ0v) is 23.6. The molecule has 9 nitrogen and oxygen atoms in total. The monoisotopic (exact) mass is 553 g/mol. The molecule has 2 aliphatic heterocycles. The van der Waals surface area contributed by atoms with Crippen LogP contribution in [0.4, 0.5) is 5.69 Å². The molecule has 1 aromatic carbocycles. The number of aryl methyl sites for hydroxylation is 1. The van der Waals surface area contributed by atoms with E-state index < -0.39 is 19.2 Å². The Morgan fingerprint density at radius 3 is 2.58 bits per heavy atom. The van der Waals surface area contributed by atoms with E-state index in [0.29, 0.717) is 38.0 Å². The van der Waals surface area contributed by atoms with Crippen LogP contribution < -0.4 is 4.74 Å². The van der Waals surface area contributed by atoms with E-state index in [1.807, 2.05) is 25.1 Å². The number of hydrogen-bond donors (Lipinski definition) is 2. The minimum Gasteiger partial charge on any atom is -0.444 e. The summed E-state index contributed by atoms with van der Waals surface area (Å²) in [5, 5.41) is 1.29. The third-order valence-corrected chi connectivity index (χ3v) is 8.43. The maximum absolute atomic E-state index is 12.3. The molecule has 0 spiro atoms. The molecule has 2 N–H and O–H groups in total. The van der Waals surface area contributed by atoms with Crippen molar-refractivity contribution in [3.63, 3.8) is 0 Å². The van der Waals surface area contributed by atoms with Crippen molar-refractivity contribution in [2.24, 2.45) is 10.4 Å². The first-order valence-electron chi connectivity index (χ1n) is 11.8. The molecule has 1 fully saturated rings. The molecule has 0 amide bonds. The van der Waals surface area contributed by atoms with Gasteiger partial charge in [0, 0.05) is 38.0 Å². The fourth-order valence-electron chi connectivity index (χ4n) is 4.16. The number of phosphoric ester groups is 1. The molecule has 0 unspecified atom stereocenters. The van der Waals surface area contributed by atoms with Crippen LogP contribution in [0.3, 0.4) is 0 Å². The Balaban J connectivity index is 1.54. The normalized spacial score (nSPS) is 16.7. The summed E-state index contributed by atoms with van der Waals surface area (Å²) in [5.74, 6) is 0.714. The van der Waals surface area contributed by atoms with E-state index in [1.165, 1.54) is 4.21 Å². The second kappa shape index (κ2) is 10.5. The van der Waals surface area contributed by atoms with Crippen LogP contribution in [0.15, 0.2) is 33.5 Å². The Hall–Kier alpha value is -1.88. The molecule has 0 atom stereocenters. The molecule has 0 radical (unpaired) electrons. The van der Waals surface area contributed by atoms with E-state index in [9.17, 15) is 9.36 Å². The molecule has 1 saturated heterocycles. The van der Waals surface area contributed by atoms with Crippen molar-refractivity contribution in [1.29, 1.82) is 0 Å². The summed E-state index contributed by atoms with van der Waals surface area (Å²) in [6.07, 6.45) is 0. The molecule has 1 aromatic heterocycles. The standard InChI is InChI=1S/C24H32N3O6PS2/c1-15(2)35-20-13-17-21(25-18-7-6-16(3)12-19(18)32-22(17)36-20)27-10-8-26(9-11-27)14-24(4,5)23(28)33-34(29,30)31/h6-7,12-13,15H,8-11,14H2,1-5H3,(H2,29,30,31). The molecule has 0 saturated carbocycles. The molecule has 0 aliphatic carbocycles. The van der Waals surface area contributed by atoms with Gasteiger partial charge in [0.25, 0.3) is 0 Å². The molecule has 0 bridgehead atoms. The smallest absolute Gasteiger partial charge is 0.444 e. The molecule has 2 aromatic rings. The Bertz CT molecular complexity index is 1210. The lowest BCUT2D eigenvalue weighted by atomic mass is 9.93. The van der Waals surface area contributed by atoms with Gasteiger partial charge in [-0.25, -0.2) is 9.56 Å². The lowest BCUT2D eigenvalue weighted by Crippen LogP contribution is -2.52. The zero-order chi connectivity index (χ0) is 26.3. The van der Waals surface area contributed by atoms with E-state index in [2.05, 4.69) is 34.2 Å². The lowest BCUT2D eigenvalue weighted by molar-refractivity contribution is -0.146. The van der Waals surface area contributed by atoms with Crippen LogP contribution in [0.25, 0.3) is 0 Å². The van der Waals surface area contributed by atoms with E-state index in [-0.39, 0.29) is 0 Å². The molecule has 36 heavy (non-hydrogen) atoms. The fourth-order valence-corrected chi connectivity index (χ4v) is 7.02. The molecule has 4 rings (SSSR count). The summed E-state index contributed by atoms with van der Waals surface area (Å²) in [6.45, 7) is 12.7. The van der Waals surface area contributed by atoms with E-state index in [4.69, 9.17) is 19.5 Å². The van der Waals surface area contributed by atoms with Gasteiger partial charge < -0.3 is 14.2 Å². The van der Waals surface area contributed by atoms with Gasteiger partial charge in [-0.05, 0) is 44.5 Å². The molecule has 2 aliphatic rings. The van der Waals surface area contributed by atoms with Crippen molar-refractivity contribution in [3.8, 4) is 10.8 Å². The SMILES string of the molecule is Cc1ccc2c(c1)Oc1sc(SC(C)C)cc1C(N1CCN(CC(C)(C)C(=O)OP(=O)(O)O)CC1)=N2. The average Bonchev–Trinajstić information content (AvgIpc) is 3.06. The number of thiophene rings is 1. The van der Waals surface area contributed by atoms with E-state index in [0.717, 1.165) is 33.5 Å². The molecule has 196 valence electrons. The number of rotatable bonds is 6. The van der Waals surface area contributed by atoms with E-state index >= 15 is 0 Å². The largest absolute Gasteiger partial charge is 0.527 e. The molecular weight excluding hydrogens is 521 g/mol. The van der Waals surface area contributed by atoms with Crippen molar-refractivity contribution >= 4 is 48.4 Å². The summed E-state index contributed by atoms with van der Waals surface area (Å²) in [6, 6.07) is 8.18. The number of amidine groups is 1. The maximum atomic E-state index is 12.3. The summed E-state index contributed by atoms with van der Waals surface area (Å²) in [4.78, 5) is 39.7. The van der Waals surface area contributed by atoms with Crippen LogP contribution in [0, 0.1) is 12.3 Å². The first-order valence-corrected chi connectivity index (χ1v) is 15.0. The van der Waals surface area contributed by atoms with Gasteiger partial charge in [-0.3, -0.25) is 19.5 Å². The van der Waals surface area contributed by atoms with Gasteiger partial charge in [0.15, 0.2) is 10.8 Å². The number of carbonyl (C=O) groups excluding carboxylic acids is 1. The summed E-state index contributed by atoms with van der Waals surface area (Å²) < 4.78 is 23.0. The number of carbonyl (C=O) groups is 1. The summed E-state index contributed by atoms with van der Waals surface area (Å²) in [5.41, 5.74) is 1.82. The number of thioether (sulfide) groups is 1. The van der Waals surface area contributed by atoms with Gasteiger partial charge in [-0.2, -0.15) is 0 Å². The van der Waals surface area contributed by atoms with Gasteiger partial charge in [-0.1, -0.05) is 31.3 Å². The van der Waals surface area contributed by atoms with Crippen LogP contribution in [0.1, 0.15) is 38.8 Å². The summed E-state index contributed by atoms with van der Waals surface area (Å²) in [7, 11) is -4.88. The van der Waals surface area contributed by atoms with Crippen molar-refractivity contribution in [3.05, 3.63) is 35.4 Å². The van der Waals surface area contributed by atoms with Crippen molar-refractivity contribution < 1.29 is 28.4 Å². The Labute approximate surface area is 219 Å². The van der Waals surface area contributed by atoms with Crippen molar-refractivity contribution in [2.45, 2.75) is 44.1 Å². The number of piperazine rings is 1. The number of hydrogen-bond acceptors (Lipinski definition) is 9. The van der Waals surface area contributed by atoms with Crippen LogP contribution in [-0.2, 0) is 13.9 Å². The quantitative estimate of drug-likeness (QED) is 0.376. The lowest BCUT2D eigenvalue weighted by Gasteiger charge is -2.39. The van der Waals surface area contributed by atoms with Crippen LogP contribution >= 0.6 is 30.9 Å². The first kappa shape index (κ1) is 27.2. The predicted molar refractivity (Wildman–Crippen MR) is 143 cm³/mol. The maximum Gasteiger partial charge on any atom is 0.527 e. The third-order valence-electron chi connectivity index (χ3n) is 5.86. The van der Waals surface area contributed by atoms with E-state index in [1.54, 1.807) is 36.9 Å². The first-order chi connectivity index (χ1) is 16.8. The van der Waals surface area contributed by atoms with Gasteiger partial charge in [0.05, 0.1) is 15.2 Å². The molecule has 3 heterocycles. The highest BCUT2D eigenvalue weighted by Crippen LogP contribution is 2.46. The number of phosphoric acid groups is 1. The number of fused-ring (bicyclic) bond motifs is 2. The van der Waals surface area contributed by atoms with Gasteiger partial charge >= 0.3 is 13.8 Å².